The standard InChI is InChI=1S/C12H23FN2O/c1-3-5-6-7-11(14-4-2)12(16)15-8-10(13)9-15/h10-11,14H,3-9H2,1-2H3. The summed E-state index contributed by atoms with van der Waals surface area (Å²) in [6.45, 7) is 5.50. The maximum Gasteiger partial charge on any atom is 0.239 e. The van der Waals surface area contributed by atoms with Gasteiger partial charge in [0.1, 0.15) is 6.17 Å². The van der Waals surface area contributed by atoms with Gasteiger partial charge in [0.25, 0.3) is 0 Å². The number of halogens is 1. The molecule has 0 aromatic carbocycles. The van der Waals surface area contributed by atoms with E-state index in [0.29, 0.717) is 0 Å². The van der Waals surface area contributed by atoms with E-state index in [9.17, 15) is 9.18 Å². The van der Waals surface area contributed by atoms with E-state index in [1.54, 1.807) is 4.90 Å². The molecule has 94 valence electrons. The topological polar surface area (TPSA) is 32.3 Å². The van der Waals surface area contributed by atoms with E-state index < -0.39 is 6.17 Å². The van der Waals surface area contributed by atoms with Crippen molar-refractivity contribution in [2.75, 3.05) is 19.6 Å². The van der Waals surface area contributed by atoms with Crippen molar-refractivity contribution in [2.24, 2.45) is 0 Å². The quantitative estimate of drug-likeness (QED) is 0.675. The molecule has 16 heavy (non-hydrogen) atoms. The van der Waals surface area contributed by atoms with Crippen LogP contribution >= 0.6 is 0 Å². The van der Waals surface area contributed by atoms with Crippen LogP contribution in [0.5, 0.6) is 0 Å². The minimum absolute atomic E-state index is 0.0758. The molecule has 1 atom stereocenters. The lowest BCUT2D eigenvalue weighted by molar-refractivity contribution is -0.140. The molecule has 0 aliphatic carbocycles. The highest BCUT2D eigenvalue weighted by Gasteiger charge is 2.33. The Labute approximate surface area is 97.4 Å². The normalized spacial score (nSPS) is 18.3. The molecule has 0 aromatic rings. The van der Waals surface area contributed by atoms with Crippen LogP contribution < -0.4 is 5.32 Å². The Morgan fingerprint density at radius 2 is 2.12 bits per heavy atom. The summed E-state index contributed by atoms with van der Waals surface area (Å²) in [4.78, 5) is 13.6. The maximum atomic E-state index is 12.7. The van der Waals surface area contributed by atoms with Crippen molar-refractivity contribution in [3.63, 3.8) is 0 Å². The zero-order chi connectivity index (χ0) is 12.0. The van der Waals surface area contributed by atoms with Crippen molar-refractivity contribution in [2.45, 2.75) is 51.7 Å². The summed E-state index contributed by atoms with van der Waals surface area (Å²) in [7, 11) is 0. The summed E-state index contributed by atoms with van der Waals surface area (Å²) >= 11 is 0. The molecule has 0 radical (unpaired) electrons. The minimum atomic E-state index is -0.804. The predicted octanol–water partition coefficient (Wildman–Crippen LogP) is 1.73. The molecular formula is C12H23FN2O. The first-order valence-electron chi connectivity index (χ1n) is 6.35. The van der Waals surface area contributed by atoms with Gasteiger partial charge in [0, 0.05) is 0 Å². The third kappa shape index (κ3) is 3.74. The van der Waals surface area contributed by atoms with Crippen molar-refractivity contribution in [1.82, 2.24) is 10.2 Å². The zero-order valence-corrected chi connectivity index (χ0v) is 10.3. The lowest BCUT2D eigenvalue weighted by Gasteiger charge is -2.37. The van der Waals surface area contributed by atoms with Crippen LogP contribution in [-0.2, 0) is 4.79 Å². The second-order valence-electron chi connectivity index (χ2n) is 4.45. The van der Waals surface area contributed by atoms with Crippen LogP contribution in [0.4, 0.5) is 4.39 Å². The summed E-state index contributed by atoms with van der Waals surface area (Å²) in [5, 5.41) is 3.19. The smallest absolute Gasteiger partial charge is 0.239 e. The SMILES string of the molecule is CCCCCC(NCC)C(=O)N1CC(F)C1. The highest BCUT2D eigenvalue weighted by Crippen LogP contribution is 2.15. The highest BCUT2D eigenvalue weighted by molar-refractivity contribution is 5.82. The molecular weight excluding hydrogens is 207 g/mol. The largest absolute Gasteiger partial charge is 0.335 e. The molecule has 4 heteroatoms. The number of likely N-dealkylation sites (N-methyl/N-ethyl adjacent to an activating group) is 1. The average molecular weight is 230 g/mol. The van der Waals surface area contributed by atoms with E-state index in [2.05, 4.69) is 12.2 Å². The molecule has 0 saturated carbocycles. The molecule has 0 bridgehead atoms. The van der Waals surface area contributed by atoms with Crippen molar-refractivity contribution < 1.29 is 9.18 Å². The summed E-state index contributed by atoms with van der Waals surface area (Å²) in [5.41, 5.74) is 0. The second-order valence-corrected chi connectivity index (χ2v) is 4.45. The average Bonchev–Trinajstić information content (AvgIpc) is 2.23. The van der Waals surface area contributed by atoms with Gasteiger partial charge >= 0.3 is 0 Å². The number of nitrogens with one attached hydrogen (secondary N) is 1. The molecule has 1 saturated heterocycles. The molecule has 1 heterocycles. The van der Waals surface area contributed by atoms with Gasteiger partial charge in [-0.2, -0.15) is 0 Å². The van der Waals surface area contributed by atoms with Crippen LogP contribution in [0.15, 0.2) is 0 Å². The van der Waals surface area contributed by atoms with E-state index in [4.69, 9.17) is 0 Å². The second kappa shape index (κ2) is 6.84. The fourth-order valence-electron chi connectivity index (χ4n) is 1.98. The van der Waals surface area contributed by atoms with Gasteiger partial charge in [0.05, 0.1) is 19.1 Å². The Morgan fingerprint density at radius 1 is 1.44 bits per heavy atom. The third-order valence-corrected chi connectivity index (χ3v) is 2.99. The molecule has 3 nitrogen and oxygen atoms in total. The Morgan fingerprint density at radius 3 is 2.62 bits per heavy atom. The van der Waals surface area contributed by atoms with Gasteiger partial charge in [-0.1, -0.05) is 33.1 Å². The lowest BCUT2D eigenvalue weighted by atomic mass is 10.0. The van der Waals surface area contributed by atoms with Gasteiger partial charge in [-0.25, -0.2) is 4.39 Å². The zero-order valence-electron chi connectivity index (χ0n) is 10.3. The number of amides is 1. The van der Waals surface area contributed by atoms with Crippen LogP contribution in [0.25, 0.3) is 0 Å². The first-order valence-corrected chi connectivity index (χ1v) is 6.35. The van der Waals surface area contributed by atoms with Gasteiger partial charge < -0.3 is 10.2 Å². The van der Waals surface area contributed by atoms with Crippen molar-refractivity contribution in [3.8, 4) is 0 Å². The Balaban J connectivity index is 2.33. The number of rotatable bonds is 7. The molecule has 0 aromatic heterocycles. The Hall–Kier alpha value is -0.640. The van der Waals surface area contributed by atoms with Crippen LogP contribution in [0.1, 0.15) is 39.5 Å². The number of hydrogen-bond donors (Lipinski definition) is 1. The van der Waals surface area contributed by atoms with Crippen LogP contribution in [0, 0.1) is 0 Å². The maximum absolute atomic E-state index is 12.7. The lowest BCUT2D eigenvalue weighted by Crippen LogP contribution is -2.57. The Bertz CT molecular complexity index is 217. The molecule has 1 fully saturated rings. The van der Waals surface area contributed by atoms with Gasteiger partial charge in [0.2, 0.25) is 5.91 Å². The van der Waals surface area contributed by atoms with E-state index >= 15 is 0 Å². The van der Waals surface area contributed by atoms with Gasteiger partial charge in [-0.3, -0.25) is 4.79 Å². The highest BCUT2D eigenvalue weighted by atomic mass is 19.1. The molecule has 1 unspecified atom stereocenters. The van der Waals surface area contributed by atoms with E-state index in [0.717, 1.165) is 32.2 Å². The minimum Gasteiger partial charge on any atom is -0.335 e. The van der Waals surface area contributed by atoms with E-state index in [1.165, 1.54) is 0 Å². The van der Waals surface area contributed by atoms with E-state index in [1.807, 2.05) is 6.92 Å². The monoisotopic (exact) mass is 230 g/mol. The van der Waals surface area contributed by atoms with Gasteiger partial charge in [0.15, 0.2) is 0 Å². The number of alkyl halides is 1. The molecule has 1 rings (SSSR count). The van der Waals surface area contributed by atoms with Crippen LogP contribution in [0.3, 0.4) is 0 Å². The predicted molar refractivity (Wildman–Crippen MR) is 63.1 cm³/mol. The molecule has 1 N–H and O–H groups in total. The third-order valence-electron chi connectivity index (χ3n) is 2.99. The molecule has 1 aliphatic rings. The van der Waals surface area contributed by atoms with Gasteiger partial charge in [-0.15, -0.1) is 0 Å². The first kappa shape index (κ1) is 13.4. The summed E-state index contributed by atoms with van der Waals surface area (Å²) in [6, 6.07) is -0.107. The molecule has 1 aliphatic heterocycles. The van der Waals surface area contributed by atoms with Crippen molar-refractivity contribution in [1.29, 1.82) is 0 Å². The number of hydrogen-bond acceptors (Lipinski definition) is 2. The number of carbonyl (C=O) groups is 1. The number of nitrogens with zero attached hydrogens (tertiary/aromatic N) is 1. The Kier molecular flexibility index (Phi) is 5.74. The van der Waals surface area contributed by atoms with Crippen molar-refractivity contribution in [3.05, 3.63) is 0 Å². The van der Waals surface area contributed by atoms with Crippen molar-refractivity contribution >= 4 is 5.91 Å². The summed E-state index contributed by atoms with van der Waals surface area (Å²) in [6.07, 6.45) is 3.44. The fourth-order valence-corrected chi connectivity index (χ4v) is 1.98. The van der Waals surface area contributed by atoms with Gasteiger partial charge in [-0.05, 0) is 13.0 Å². The number of likely N-dealkylation sites (tertiary alicyclic amines) is 1. The molecule has 1 amide bonds. The molecule has 0 spiro atoms. The summed E-state index contributed by atoms with van der Waals surface area (Å²) < 4.78 is 12.7. The van der Waals surface area contributed by atoms with Crippen LogP contribution in [-0.4, -0.2) is 42.7 Å². The number of carbonyl (C=O) groups excluding carboxylic acids is 1. The fraction of sp³-hybridized carbons (Fsp3) is 0.917. The number of unbranched alkanes of at least 4 members (excludes halogenated alkanes) is 2. The first-order chi connectivity index (χ1) is 7.69. The van der Waals surface area contributed by atoms with E-state index in [-0.39, 0.29) is 25.0 Å². The summed E-state index contributed by atoms with van der Waals surface area (Å²) in [5.74, 6) is 0.0758. The van der Waals surface area contributed by atoms with Crippen LogP contribution in [0.2, 0.25) is 0 Å².